The molecule has 3 rings (SSSR count). The lowest BCUT2D eigenvalue weighted by molar-refractivity contribution is 0.0697. The number of aromatic nitrogens is 1. The summed E-state index contributed by atoms with van der Waals surface area (Å²) >= 11 is 4.51. The Morgan fingerprint density at radius 2 is 1.78 bits per heavy atom. The maximum Gasteiger partial charge on any atom is 0.255 e. The number of nitrogens with zero attached hydrogens (tertiary/aromatic N) is 3. The molecule has 0 spiro atoms. The van der Waals surface area contributed by atoms with Crippen LogP contribution in [0.25, 0.3) is 0 Å². The lowest BCUT2D eigenvalue weighted by Crippen LogP contribution is -2.50. The van der Waals surface area contributed by atoms with Gasteiger partial charge in [-0.25, -0.2) is 8.42 Å². The fourth-order valence-corrected chi connectivity index (χ4v) is 7.24. The molecule has 0 N–H and O–H groups in total. The summed E-state index contributed by atoms with van der Waals surface area (Å²) in [5, 5.41) is 0. The number of amides is 1. The van der Waals surface area contributed by atoms with E-state index in [2.05, 4.69) is 34.3 Å². The Labute approximate surface area is 173 Å². The summed E-state index contributed by atoms with van der Waals surface area (Å²) in [4.78, 5) is 14.7. The predicted octanol–water partition coefficient (Wildman–Crippen LogP) is 3.66. The van der Waals surface area contributed by atoms with Crippen LogP contribution in [0.15, 0.2) is 26.2 Å². The second-order valence-electron chi connectivity index (χ2n) is 7.00. The van der Waals surface area contributed by atoms with Crippen LogP contribution >= 0.6 is 27.3 Å². The highest BCUT2D eigenvalue weighted by molar-refractivity contribution is 9.11. The lowest BCUT2D eigenvalue weighted by atomic mass is 10.2. The van der Waals surface area contributed by atoms with Crippen LogP contribution in [0.3, 0.4) is 0 Å². The van der Waals surface area contributed by atoms with Crippen LogP contribution in [0.4, 0.5) is 0 Å². The molecule has 1 fully saturated rings. The summed E-state index contributed by atoms with van der Waals surface area (Å²) < 4.78 is 30.2. The molecule has 0 saturated carbocycles. The first-order chi connectivity index (χ1) is 12.6. The quantitative estimate of drug-likeness (QED) is 0.680. The monoisotopic (exact) mass is 473 g/mol. The van der Waals surface area contributed by atoms with Crippen molar-refractivity contribution in [3.63, 3.8) is 0 Å². The van der Waals surface area contributed by atoms with Crippen LogP contribution in [0.5, 0.6) is 0 Å². The minimum Gasteiger partial charge on any atom is -0.346 e. The first kappa shape index (κ1) is 20.6. The normalized spacial score (nSPS) is 16.3. The zero-order chi connectivity index (χ0) is 19.9. The molecule has 3 heterocycles. The van der Waals surface area contributed by atoms with Crippen LogP contribution in [-0.2, 0) is 10.0 Å². The molecule has 1 aliphatic rings. The smallest absolute Gasteiger partial charge is 0.255 e. The first-order valence-corrected chi connectivity index (χ1v) is 11.9. The molecule has 1 aliphatic heterocycles. The third kappa shape index (κ3) is 3.87. The molecular formula is C18H24BrN3O3S2. The summed E-state index contributed by atoms with van der Waals surface area (Å²) in [5.74, 6) is -0.0223. The molecular weight excluding hydrogens is 450 g/mol. The number of halogens is 1. The van der Waals surface area contributed by atoms with E-state index < -0.39 is 10.0 Å². The Bertz CT molecular complexity index is 955. The average molecular weight is 474 g/mol. The van der Waals surface area contributed by atoms with Gasteiger partial charge in [-0.2, -0.15) is 4.31 Å². The van der Waals surface area contributed by atoms with E-state index >= 15 is 0 Å². The Balaban J connectivity index is 1.73. The van der Waals surface area contributed by atoms with Gasteiger partial charge < -0.3 is 9.47 Å². The van der Waals surface area contributed by atoms with Crippen molar-refractivity contribution in [2.24, 2.45) is 0 Å². The van der Waals surface area contributed by atoms with E-state index in [4.69, 9.17) is 0 Å². The Hall–Kier alpha value is -1.16. The third-order valence-electron chi connectivity index (χ3n) is 4.90. The van der Waals surface area contributed by atoms with Crippen LogP contribution in [0.2, 0.25) is 0 Å². The van der Waals surface area contributed by atoms with Gasteiger partial charge in [-0.3, -0.25) is 4.79 Å². The van der Waals surface area contributed by atoms with Gasteiger partial charge in [0.15, 0.2) is 0 Å². The largest absolute Gasteiger partial charge is 0.346 e. The maximum atomic E-state index is 13.0. The summed E-state index contributed by atoms with van der Waals surface area (Å²) in [6, 6.07) is 5.58. The standard InChI is InChI=1S/C18H24BrN3O3S2/c1-12(2)22-13(3)11-15(14(22)4)18(23)20-7-9-21(10-8-20)27(24,25)17-6-5-16(19)26-17/h5-6,11-12H,7-10H2,1-4H3. The highest BCUT2D eigenvalue weighted by atomic mass is 79.9. The molecule has 0 aliphatic carbocycles. The van der Waals surface area contributed by atoms with Crippen LogP contribution in [-0.4, -0.2) is 54.3 Å². The van der Waals surface area contributed by atoms with Gasteiger partial charge in [-0.15, -0.1) is 11.3 Å². The molecule has 1 saturated heterocycles. The van der Waals surface area contributed by atoms with E-state index in [9.17, 15) is 13.2 Å². The Morgan fingerprint density at radius 3 is 2.26 bits per heavy atom. The van der Waals surface area contributed by atoms with Gasteiger partial charge in [0, 0.05) is 43.6 Å². The molecule has 0 aromatic carbocycles. The predicted molar refractivity (Wildman–Crippen MR) is 111 cm³/mol. The molecule has 1 amide bonds. The number of carbonyl (C=O) groups excluding carboxylic acids is 1. The van der Waals surface area contributed by atoms with Crippen molar-refractivity contribution >= 4 is 43.2 Å². The van der Waals surface area contributed by atoms with Gasteiger partial charge in [-0.1, -0.05) is 0 Å². The molecule has 6 nitrogen and oxygen atoms in total. The molecule has 0 unspecified atom stereocenters. The second kappa shape index (κ2) is 7.69. The fourth-order valence-electron chi connectivity index (χ4n) is 3.65. The zero-order valence-electron chi connectivity index (χ0n) is 15.9. The van der Waals surface area contributed by atoms with Gasteiger partial charge in [-0.05, 0) is 61.8 Å². The first-order valence-electron chi connectivity index (χ1n) is 8.86. The molecule has 9 heteroatoms. The van der Waals surface area contributed by atoms with Crippen molar-refractivity contribution in [2.75, 3.05) is 26.2 Å². The van der Waals surface area contributed by atoms with Gasteiger partial charge in [0.2, 0.25) is 0 Å². The van der Waals surface area contributed by atoms with Crippen LogP contribution in [0, 0.1) is 13.8 Å². The van der Waals surface area contributed by atoms with E-state index in [1.54, 1.807) is 17.0 Å². The average Bonchev–Trinajstić information content (AvgIpc) is 3.18. The molecule has 2 aromatic rings. The highest BCUT2D eigenvalue weighted by Crippen LogP contribution is 2.29. The Kier molecular flexibility index (Phi) is 5.86. The SMILES string of the molecule is Cc1cc(C(=O)N2CCN(S(=O)(=O)c3ccc(Br)s3)CC2)c(C)n1C(C)C. The third-order valence-corrected chi connectivity index (χ3v) is 8.89. The topological polar surface area (TPSA) is 62.6 Å². The van der Waals surface area contributed by atoms with Crippen molar-refractivity contribution in [3.8, 4) is 0 Å². The number of carbonyl (C=O) groups is 1. The van der Waals surface area contributed by atoms with Crippen molar-refractivity contribution in [1.82, 2.24) is 13.8 Å². The number of thiophene rings is 1. The van der Waals surface area contributed by atoms with E-state index in [1.807, 2.05) is 19.9 Å². The van der Waals surface area contributed by atoms with Crippen molar-refractivity contribution in [2.45, 2.75) is 37.9 Å². The van der Waals surface area contributed by atoms with E-state index in [0.717, 1.165) is 15.2 Å². The number of sulfonamides is 1. The lowest BCUT2D eigenvalue weighted by Gasteiger charge is -2.33. The van der Waals surface area contributed by atoms with Crippen molar-refractivity contribution < 1.29 is 13.2 Å². The van der Waals surface area contributed by atoms with Crippen molar-refractivity contribution in [1.29, 1.82) is 0 Å². The van der Waals surface area contributed by atoms with E-state index in [-0.39, 0.29) is 5.91 Å². The highest BCUT2D eigenvalue weighted by Gasteiger charge is 2.32. The molecule has 0 bridgehead atoms. The number of aryl methyl sites for hydroxylation is 1. The molecule has 0 atom stereocenters. The summed E-state index contributed by atoms with van der Waals surface area (Å²) in [6.07, 6.45) is 0. The Morgan fingerprint density at radius 1 is 1.15 bits per heavy atom. The summed E-state index contributed by atoms with van der Waals surface area (Å²) in [6.45, 7) is 9.59. The van der Waals surface area contributed by atoms with E-state index in [0.29, 0.717) is 42.0 Å². The second-order valence-corrected chi connectivity index (χ2v) is 11.6. The minimum absolute atomic E-state index is 0.0223. The number of rotatable bonds is 4. The molecule has 2 aromatic heterocycles. The molecule has 27 heavy (non-hydrogen) atoms. The number of hydrogen-bond donors (Lipinski definition) is 0. The van der Waals surface area contributed by atoms with Crippen molar-refractivity contribution in [3.05, 3.63) is 38.9 Å². The van der Waals surface area contributed by atoms with Crippen LogP contribution in [0.1, 0.15) is 41.6 Å². The minimum atomic E-state index is -3.50. The fraction of sp³-hybridized carbons (Fsp3) is 0.500. The van der Waals surface area contributed by atoms with Gasteiger partial charge >= 0.3 is 0 Å². The van der Waals surface area contributed by atoms with Gasteiger partial charge in [0.05, 0.1) is 9.35 Å². The molecule has 0 radical (unpaired) electrons. The summed E-state index contributed by atoms with van der Waals surface area (Å²) in [5.41, 5.74) is 2.74. The maximum absolute atomic E-state index is 13.0. The number of hydrogen-bond acceptors (Lipinski definition) is 4. The molecule has 148 valence electrons. The zero-order valence-corrected chi connectivity index (χ0v) is 19.1. The number of piperazine rings is 1. The van der Waals surface area contributed by atoms with Gasteiger partial charge in [0.1, 0.15) is 4.21 Å². The van der Waals surface area contributed by atoms with Gasteiger partial charge in [0.25, 0.3) is 15.9 Å². The van der Waals surface area contributed by atoms with Crippen LogP contribution < -0.4 is 0 Å². The summed E-state index contributed by atoms with van der Waals surface area (Å²) in [7, 11) is -3.50. The van der Waals surface area contributed by atoms with E-state index in [1.165, 1.54) is 15.6 Å².